The Morgan fingerprint density at radius 2 is 1.83 bits per heavy atom. The Morgan fingerprint density at radius 3 is 2.44 bits per heavy atom. The first-order valence-corrected chi connectivity index (χ1v) is 6.70. The van der Waals surface area contributed by atoms with Crippen molar-refractivity contribution in [2.45, 2.75) is 27.3 Å². The van der Waals surface area contributed by atoms with Crippen molar-refractivity contribution in [1.29, 1.82) is 0 Å². The summed E-state index contributed by atoms with van der Waals surface area (Å²) in [6, 6.07) is 2.28. The van der Waals surface area contributed by atoms with Crippen LogP contribution in [-0.2, 0) is 6.54 Å². The van der Waals surface area contributed by atoms with Crippen molar-refractivity contribution in [3.63, 3.8) is 0 Å². The predicted octanol–water partition coefficient (Wildman–Crippen LogP) is 2.03. The van der Waals surface area contributed by atoms with E-state index >= 15 is 0 Å². The molecule has 1 aliphatic rings. The van der Waals surface area contributed by atoms with Crippen molar-refractivity contribution in [1.82, 2.24) is 10.2 Å². The highest BCUT2D eigenvalue weighted by molar-refractivity contribution is 5.48. The second-order valence-electron chi connectivity index (χ2n) is 5.16. The maximum Gasteiger partial charge on any atom is 0.124 e. The van der Waals surface area contributed by atoms with Gasteiger partial charge in [-0.05, 0) is 43.0 Å². The lowest BCUT2D eigenvalue weighted by Gasteiger charge is -2.28. The Kier molecular flexibility index (Phi) is 4.25. The Hall–Kier alpha value is -1.06. The van der Waals surface area contributed by atoms with Crippen molar-refractivity contribution >= 4 is 0 Å². The van der Waals surface area contributed by atoms with E-state index in [4.69, 9.17) is 4.74 Å². The van der Waals surface area contributed by atoms with Crippen LogP contribution in [0.15, 0.2) is 6.07 Å². The third-order valence-corrected chi connectivity index (χ3v) is 3.94. The Labute approximate surface area is 110 Å². The quantitative estimate of drug-likeness (QED) is 0.886. The Morgan fingerprint density at radius 1 is 1.17 bits per heavy atom. The van der Waals surface area contributed by atoms with Gasteiger partial charge in [-0.2, -0.15) is 0 Å². The second-order valence-corrected chi connectivity index (χ2v) is 5.16. The van der Waals surface area contributed by atoms with E-state index < -0.39 is 0 Å². The molecule has 1 saturated heterocycles. The van der Waals surface area contributed by atoms with Gasteiger partial charge in [0.25, 0.3) is 0 Å². The SMILES string of the molecule is COc1c(C)cc(CN2CCNCC2)c(C)c1C. The van der Waals surface area contributed by atoms with Crippen LogP contribution >= 0.6 is 0 Å². The lowest BCUT2D eigenvalue weighted by molar-refractivity contribution is 0.232. The Bertz CT molecular complexity index is 423. The van der Waals surface area contributed by atoms with Gasteiger partial charge in [0.1, 0.15) is 5.75 Å². The molecule has 18 heavy (non-hydrogen) atoms. The van der Waals surface area contributed by atoms with Crippen molar-refractivity contribution in [2.75, 3.05) is 33.3 Å². The van der Waals surface area contributed by atoms with Crippen LogP contribution in [0.25, 0.3) is 0 Å². The van der Waals surface area contributed by atoms with Gasteiger partial charge >= 0.3 is 0 Å². The topological polar surface area (TPSA) is 24.5 Å². The molecule has 0 saturated carbocycles. The average Bonchev–Trinajstić information content (AvgIpc) is 2.37. The van der Waals surface area contributed by atoms with Gasteiger partial charge in [-0.15, -0.1) is 0 Å². The fourth-order valence-electron chi connectivity index (χ4n) is 2.73. The smallest absolute Gasteiger partial charge is 0.124 e. The highest BCUT2D eigenvalue weighted by Gasteiger charge is 2.15. The summed E-state index contributed by atoms with van der Waals surface area (Å²) >= 11 is 0. The number of benzene rings is 1. The highest BCUT2D eigenvalue weighted by Crippen LogP contribution is 2.29. The summed E-state index contributed by atoms with van der Waals surface area (Å²) in [7, 11) is 1.75. The summed E-state index contributed by atoms with van der Waals surface area (Å²) in [6.45, 7) is 12.0. The molecule has 1 N–H and O–H groups in total. The third-order valence-electron chi connectivity index (χ3n) is 3.94. The normalized spacial score (nSPS) is 16.9. The molecule has 3 heteroatoms. The zero-order valence-electron chi connectivity index (χ0n) is 12.0. The van der Waals surface area contributed by atoms with Crippen molar-refractivity contribution in [3.05, 3.63) is 28.3 Å². The zero-order valence-corrected chi connectivity index (χ0v) is 12.0. The van der Waals surface area contributed by atoms with Crippen LogP contribution < -0.4 is 10.1 Å². The fourth-order valence-corrected chi connectivity index (χ4v) is 2.73. The highest BCUT2D eigenvalue weighted by atomic mass is 16.5. The molecular weight excluding hydrogens is 224 g/mol. The fraction of sp³-hybridized carbons (Fsp3) is 0.600. The average molecular weight is 248 g/mol. The number of piperazine rings is 1. The zero-order chi connectivity index (χ0) is 13.1. The van der Waals surface area contributed by atoms with Gasteiger partial charge in [-0.1, -0.05) is 6.07 Å². The molecule has 1 aromatic carbocycles. The van der Waals surface area contributed by atoms with Crippen molar-refractivity contribution in [2.24, 2.45) is 0 Å². The molecule has 0 spiro atoms. The predicted molar refractivity (Wildman–Crippen MR) is 75.4 cm³/mol. The van der Waals surface area contributed by atoms with Crippen LogP contribution in [0.5, 0.6) is 5.75 Å². The number of rotatable bonds is 3. The van der Waals surface area contributed by atoms with E-state index in [1.54, 1.807) is 7.11 Å². The minimum Gasteiger partial charge on any atom is -0.496 e. The molecule has 0 aliphatic carbocycles. The van der Waals surface area contributed by atoms with Crippen LogP contribution in [0.1, 0.15) is 22.3 Å². The van der Waals surface area contributed by atoms with E-state index in [1.807, 2.05) is 0 Å². The molecule has 0 bridgehead atoms. The van der Waals surface area contributed by atoms with E-state index in [9.17, 15) is 0 Å². The molecule has 100 valence electrons. The monoisotopic (exact) mass is 248 g/mol. The first kappa shape index (κ1) is 13.4. The van der Waals surface area contributed by atoms with Crippen molar-refractivity contribution in [3.8, 4) is 5.75 Å². The standard InChI is InChI=1S/C15H24N2O/c1-11-9-14(10-17-7-5-16-6-8-17)12(2)13(3)15(11)18-4/h9,16H,5-8,10H2,1-4H3. The number of ether oxygens (including phenoxy) is 1. The summed E-state index contributed by atoms with van der Waals surface area (Å²) in [5, 5.41) is 3.39. The molecule has 0 radical (unpaired) electrons. The number of aryl methyl sites for hydroxylation is 1. The first-order chi connectivity index (χ1) is 8.63. The summed E-state index contributed by atoms with van der Waals surface area (Å²) in [5.41, 5.74) is 5.33. The van der Waals surface area contributed by atoms with Crippen LogP contribution in [0, 0.1) is 20.8 Å². The van der Waals surface area contributed by atoms with Crippen LogP contribution in [-0.4, -0.2) is 38.2 Å². The van der Waals surface area contributed by atoms with E-state index in [0.717, 1.165) is 38.5 Å². The molecule has 0 atom stereocenters. The third kappa shape index (κ3) is 2.68. The van der Waals surface area contributed by atoms with Crippen molar-refractivity contribution < 1.29 is 4.74 Å². The van der Waals surface area contributed by atoms with Gasteiger partial charge in [0.2, 0.25) is 0 Å². The number of nitrogens with zero attached hydrogens (tertiary/aromatic N) is 1. The van der Waals surface area contributed by atoms with Gasteiger partial charge in [0.05, 0.1) is 7.11 Å². The maximum atomic E-state index is 5.48. The number of hydrogen-bond acceptors (Lipinski definition) is 3. The molecule has 1 fully saturated rings. The molecule has 0 amide bonds. The van der Waals surface area contributed by atoms with Gasteiger partial charge in [0.15, 0.2) is 0 Å². The number of methoxy groups -OCH3 is 1. The van der Waals surface area contributed by atoms with Crippen LogP contribution in [0.4, 0.5) is 0 Å². The molecule has 1 aliphatic heterocycles. The van der Waals surface area contributed by atoms with E-state index in [1.165, 1.54) is 22.3 Å². The maximum absolute atomic E-state index is 5.48. The van der Waals surface area contributed by atoms with E-state index in [2.05, 4.69) is 37.1 Å². The molecule has 2 rings (SSSR count). The summed E-state index contributed by atoms with van der Waals surface area (Å²) in [5.74, 6) is 1.04. The molecular formula is C15H24N2O. The minimum absolute atomic E-state index is 1.04. The molecule has 1 aromatic rings. The van der Waals surface area contributed by atoms with Crippen LogP contribution in [0.3, 0.4) is 0 Å². The summed E-state index contributed by atoms with van der Waals surface area (Å²) < 4.78 is 5.48. The summed E-state index contributed by atoms with van der Waals surface area (Å²) in [6.07, 6.45) is 0. The van der Waals surface area contributed by atoms with Crippen LogP contribution in [0.2, 0.25) is 0 Å². The minimum atomic E-state index is 1.04. The largest absolute Gasteiger partial charge is 0.496 e. The lowest BCUT2D eigenvalue weighted by atomic mass is 9.98. The van der Waals surface area contributed by atoms with Gasteiger partial charge in [0, 0.05) is 32.7 Å². The van der Waals surface area contributed by atoms with E-state index in [-0.39, 0.29) is 0 Å². The van der Waals surface area contributed by atoms with Gasteiger partial charge in [-0.3, -0.25) is 4.90 Å². The van der Waals surface area contributed by atoms with Gasteiger partial charge < -0.3 is 10.1 Å². The molecule has 0 aromatic heterocycles. The lowest BCUT2D eigenvalue weighted by Crippen LogP contribution is -2.43. The van der Waals surface area contributed by atoms with Gasteiger partial charge in [-0.25, -0.2) is 0 Å². The molecule has 1 heterocycles. The summed E-state index contributed by atoms with van der Waals surface area (Å²) in [4.78, 5) is 2.52. The first-order valence-electron chi connectivity index (χ1n) is 6.70. The number of hydrogen-bond donors (Lipinski definition) is 1. The second kappa shape index (κ2) is 5.72. The molecule has 3 nitrogen and oxygen atoms in total. The molecule has 0 unspecified atom stereocenters. The number of nitrogens with one attached hydrogen (secondary N) is 1. The Balaban J connectivity index is 2.22. The van der Waals surface area contributed by atoms with E-state index in [0.29, 0.717) is 0 Å².